The number of methoxy groups -OCH3 is 1. The molecule has 1 N–H and O–H groups in total. The number of benzene rings is 1. The zero-order valence-electron chi connectivity index (χ0n) is 12.6. The van der Waals surface area contributed by atoms with Crippen LogP contribution in [0.25, 0.3) is 11.4 Å². The summed E-state index contributed by atoms with van der Waals surface area (Å²) in [5.74, 6) is 2.01. The van der Waals surface area contributed by atoms with Crippen molar-refractivity contribution in [2.45, 2.75) is 6.42 Å². The van der Waals surface area contributed by atoms with Gasteiger partial charge in [-0.1, -0.05) is 5.21 Å². The van der Waals surface area contributed by atoms with Crippen molar-refractivity contribution >= 4 is 5.97 Å². The molecule has 8 nitrogen and oxygen atoms in total. The van der Waals surface area contributed by atoms with Gasteiger partial charge in [-0.25, -0.2) is 14.5 Å². The van der Waals surface area contributed by atoms with Crippen LogP contribution in [0.15, 0.2) is 24.5 Å². The Labute approximate surface area is 136 Å². The number of terminal acetylenes is 1. The van der Waals surface area contributed by atoms with Crippen LogP contribution >= 0.6 is 0 Å². The number of hydrogen-bond donors (Lipinski definition) is 1. The number of imidazole rings is 1. The maximum atomic E-state index is 11.5. The van der Waals surface area contributed by atoms with Gasteiger partial charge >= 0.3 is 5.97 Å². The van der Waals surface area contributed by atoms with E-state index in [2.05, 4.69) is 21.2 Å². The van der Waals surface area contributed by atoms with Crippen molar-refractivity contribution in [2.75, 3.05) is 7.11 Å². The van der Waals surface area contributed by atoms with Crippen LogP contribution in [0.4, 0.5) is 0 Å². The lowest BCUT2D eigenvalue weighted by Gasteiger charge is -2.11. The second-order valence-corrected chi connectivity index (χ2v) is 5.19. The fourth-order valence-electron chi connectivity index (χ4n) is 2.85. The van der Waals surface area contributed by atoms with Gasteiger partial charge in [0.1, 0.15) is 17.8 Å². The summed E-state index contributed by atoms with van der Waals surface area (Å²) >= 11 is 0. The van der Waals surface area contributed by atoms with Gasteiger partial charge in [0.25, 0.3) is 0 Å². The lowest BCUT2D eigenvalue weighted by Crippen LogP contribution is -2.07. The largest absolute Gasteiger partial charge is 0.497 e. The van der Waals surface area contributed by atoms with E-state index < -0.39 is 5.97 Å². The quantitative estimate of drug-likeness (QED) is 0.554. The van der Waals surface area contributed by atoms with E-state index >= 15 is 0 Å². The van der Waals surface area contributed by atoms with Gasteiger partial charge in [0.15, 0.2) is 5.69 Å². The first-order valence-corrected chi connectivity index (χ1v) is 7.03. The minimum absolute atomic E-state index is 0.110. The zero-order valence-corrected chi connectivity index (χ0v) is 12.6. The Morgan fingerprint density at radius 2 is 2.21 bits per heavy atom. The number of nitrogens with zero attached hydrogens (tertiary/aromatic N) is 5. The number of rotatable bonds is 2. The van der Waals surface area contributed by atoms with Crippen molar-refractivity contribution in [3.8, 4) is 29.5 Å². The van der Waals surface area contributed by atoms with Gasteiger partial charge in [-0.3, -0.25) is 4.57 Å². The number of hydrogen-bond acceptors (Lipinski definition) is 5. The maximum Gasteiger partial charge on any atom is 0.358 e. The molecule has 0 radical (unpaired) electrons. The maximum absolute atomic E-state index is 11.5. The Bertz CT molecular complexity index is 1030. The molecule has 0 fully saturated rings. The van der Waals surface area contributed by atoms with E-state index in [0.717, 1.165) is 5.69 Å². The summed E-state index contributed by atoms with van der Waals surface area (Å²) in [7, 11) is 1.56. The number of carboxylic acids is 1. The van der Waals surface area contributed by atoms with Crippen molar-refractivity contribution in [1.82, 2.24) is 24.5 Å². The molecule has 24 heavy (non-hydrogen) atoms. The molecule has 4 rings (SSSR count). The molecule has 0 aliphatic carbocycles. The van der Waals surface area contributed by atoms with Crippen LogP contribution in [0.2, 0.25) is 0 Å². The van der Waals surface area contributed by atoms with E-state index in [1.165, 1.54) is 4.68 Å². The van der Waals surface area contributed by atoms with Crippen LogP contribution in [0.3, 0.4) is 0 Å². The standard InChI is InChI=1S/C16H11N5O3/c1-3-10-12-7-14-15(16(22)23)18-19-21(14)13-6-9(24-2)4-5-11(13)20(12)8-17-10/h1,4-6,8H,7H2,2H3,(H,22,23). The van der Waals surface area contributed by atoms with Crippen LogP contribution in [0.1, 0.15) is 27.6 Å². The molecular weight excluding hydrogens is 310 g/mol. The molecule has 3 aromatic rings. The first kappa shape index (κ1) is 14.0. The topological polar surface area (TPSA) is 95.1 Å². The zero-order chi connectivity index (χ0) is 16.8. The number of ether oxygens (including phenoxy) is 1. The van der Waals surface area contributed by atoms with Crippen molar-refractivity contribution in [3.05, 3.63) is 47.3 Å². The average molecular weight is 321 g/mol. The SMILES string of the molecule is C#Cc1ncn2c1Cc1c(C(=O)O)nnn1-c1cc(OC)ccc1-2. The van der Waals surface area contributed by atoms with Crippen LogP contribution in [0, 0.1) is 12.3 Å². The molecule has 2 aromatic heterocycles. The van der Waals surface area contributed by atoms with Crippen molar-refractivity contribution < 1.29 is 14.6 Å². The summed E-state index contributed by atoms with van der Waals surface area (Å²) in [6.07, 6.45) is 7.40. The molecule has 1 aliphatic rings. The third-order valence-corrected chi connectivity index (χ3v) is 3.97. The van der Waals surface area contributed by atoms with Gasteiger partial charge in [0.2, 0.25) is 0 Å². The second-order valence-electron chi connectivity index (χ2n) is 5.19. The minimum Gasteiger partial charge on any atom is -0.497 e. The Morgan fingerprint density at radius 1 is 1.38 bits per heavy atom. The lowest BCUT2D eigenvalue weighted by atomic mass is 10.1. The van der Waals surface area contributed by atoms with Crippen LogP contribution in [-0.4, -0.2) is 42.7 Å². The van der Waals surface area contributed by atoms with E-state index in [9.17, 15) is 9.90 Å². The number of aromatic carboxylic acids is 1. The monoisotopic (exact) mass is 321 g/mol. The van der Waals surface area contributed by atoms with Gasteiger partial charge in [-0.15, -0.1) is 11.5 Å². The molecule has 8 heteroatoms. The summed E-state index contributed by atoms with van der Waals surface area (Å²) in [5, 5.41) is 17.2. The van der Waals surface area contributed by atoms with Gasteiger partial charge in [0.05, 0.1) is 29.9 Å². The highest BCUT2D eigenvalue weighted by atomic mass is 16.5. The van der Waals surface area contributed by atoms with Crippen LogP contribution in [0.5, 0.6) is 5.75 Å². The molecule has 1 aliphatic heterocycles. The third kappa shape index (κ3) is 1.82. The highest BCUT2D eigenvalue weighted by Gasteiger charge is 2.28. The Morgan fingerprint density at radius 3 is 2.92 bits per heavy atom. The molecule has 1 aromatic carbocycles. The Hall–Kier alpha value is -3.60. The van der Waals surface area contributed by atoms with E-state index in [1.807, 2.05) is 10.6 Å². The molecule has 0 spiro atoms. The molecule has 118 valence electrons. The third-order valence-electron chi connectivity index (χ3n) is 3.97. The summed E-state index contributed by atoms with van der Waals surface area (Å²) in [6, 6.07) is 5.42. The van der Waals surface area contributed by atoms with E-state index in [1.54, 1.807) is 25.6 Å². The first-order chi connectivity index (χ1) is 11.6. The molecule has 0 atom stereocenters. The second kappa shape index (κ2) is 4.96. The molecule has 3 heterocycles. The lowest BCUT2D eigenvalue weighted by molar-refractivity contribution is 0.0689. The van der Waals surface area contributed by atoms with Gasteiger partial charge in [-0.2, -0.15) is 0 Å². The summed E-state index contributed by atoms with van der Waals surface area (Å²) in [5.41, 5.74) is 2.91. The summed E-state index contributed by atoms with van der Waals surface area (Å²) in [6.45, 7) is 0. The number of carboxylic acid groups (broad SMARTS) is 1. The van der Waals surface area contributed by atoms with Crippen LogP contribution < -0.4 is 4.74 Å². The van der Waals surface area contributed by atoms with E-state index in [0.29, 0.717) is 28.5 Å². The average Bonchev–Trinajstić information content (AvgIpc) is 3.16. The number of carbonyl (C=O) groups is 1. The minimum atomic E-state index is -1.14. The van der Waals surface area contributed by atoms with Gasteiger partial charge < -0.3 is 9.84 Å². The molecular formula is C16H11N5O3. The predicted molar refractivity (Wildman–Crippen MR) is 82.7 cm³/mol. The molecule has 0 saturated carbocycles. The smallest absolute Gasteiger partial charge is 0.358 e. The highest BCUT2D eigenvalue weighted by molar-refractivity contribution is 5.87. The molecule has 0 saturated heterocycles. The Kier molecular flexibility index (Phi) is 2.90. The fourth-order valence-corrected chi connectivity index (χ4v) is 2.85. The number of aromatic nitrogens is 5. The predicted octanol–water partition coefficient (Wildman–Crippen LogP) is 1.05. The Balaban J connectivity index is 2.09. The fraction of sp³-hybridized carbons (Fsp3) is 0.125. The molecule has 0 bridgehead atoms. The van der Waals surface area contributed by atoms with Crippen molar-refractivity contribution in [3.63, 3.8) is 0 Å². The summed E-state index contributed by atoms with van der Waals surface area (Å²) < 4.78 is 8.62. The van der Waals surface area contributed by atoms with Crippen molar-refractivity contribution in [2.24, 2.45) is 0 Å². The summed E-state index contributed by atoms with van der Waals surface area (Å²) in [4.78, 5) is 15.7. The van der Waals surface area contributed by atoms with Gasteiger partial charge in [0, 0.05) is 12.5 Å². The van der Waals surface area contributed by atoms with E-state index in [-0.39, 0.29) is 12.1 Å². The number of fused-ring (bicyclic) bond motifs is 5. The molecule has 0 amide bonds. The highest BCUT2D eigenvalue weighted by Crippen LogP contribution is 2.32. The van der Waals surface area contributed by atoms with Crippen molar-refractivity contribution in [1.29, 1.82) is 0 Å². The van der Waals surface area contributed by atoms with Crippen LogP contribution in [-0.2, 0) is 6.42 Å². The van der Waals surface area contributed by atoms with E-state index in [4.69, 9.17) is 11.2 Å². The molecule has 0 unspecified atom stereocenters. The first-order valence-electron chi connectivity index (χ1n) is 7.03. The normalized spacial score (nSPS) is 11.7. The van der Waals surface area contributed by atoms with Gasteiger partial charge in [-0.05, 0) is 18.1 Å².